The van der Waals surface area contributed by atoms with Gasteiger partial charge in [0.05, 0.1) is 0 Å². The number of aromatic nitrogens is 1. The molecule has 0 saturated carbocycles. The standard InChI is InChI=1S/C20H36N4O.HI/c1-3-4-5-6-7-8-10-15-22-20(21-2)23-16-11-13-18-24-17-12-9-14-19(24)25;/h9,12,14,17H,3-8,10-11,13,15-16,18H2,1-2H3,(H2,21,22,23);1H. The molecule has 0 unspecified atom stereocenters. The SMILES string of the molecule is CCCCCCCCCNC(=NC)NCCCCn1ccccc1=O.I. The molecule has 0 bridgehead atoms. The van der Waals surface area contributed by atoms with Crippen LogP contribution in [0.3, 0.4) is 0 Å². The fourth-order valence-electron chi connectivity index (χ4n) is 2.77. The molecule has 0 aromatic carbocycles. The first kappa shape index (κ1) is 24.9. The maximum Gasteiger partial charge on any atom is 0.250 e. The van der Waals surface area contributed by atoms with Gasteiger partial charge in [0.25, 0.3) is 0 Å². The van der Waals surface area contributed by atoms with Crippen molar-refractivity contribution in [3.05, 3.63) is 34.7 Å². The lowest BCUT2D eigenvalue weighted by Crippen LogP contribution is -2.38. The van der Waals surface area contributed by atoms with Gasteiger partial charge in [-0.2, -0.15) is 0 Å². The predicted molar refractivity (Wildman–Crippen MR) is 123 cm³/mol. The van der Waals surface area contributed by atoms with Crippen molar-refractivity contribution < 1.29 is 0 Å². The molecule has 1 rings (SSSR count). The summed E-state index contributed by atoms with van der Waals surface area (Å²) >= 11 is 0. The fraction of sp³-hybridized carbons (Fsp3) is 0.700. The summed E-state index contributed by atoms with van der Waals surface area (Å²) in [6.45, 7) is 4.88. The molecule has 0 saturated heterocycles. The number of nitrogens with one attached hydrogen (secondary N) is 2. The summed E-state index contributed by atoms with van der Waals surface area (Å²) < 4.78 is 1.76. The predicted octanol–water partition coefficient (Wildman–Crippen LogP) is 4.16. The Morgan fingerprint density at radius 2 is 1.58 bits per heavy atom. The van der Waals surface area contributed by atoms with E-state index in [4.69, 9.17) is 0 Å². The van der Waals surface area contributed by atoms with Crippen molar-refractivity contribution in [2.24, 2.45) is 4.99 Å². The van der Waals surface area contributed by atoms with Gasteiger partial charge in [-0.25, -0.2) is 0 Å². The molecule has 2 N–H and O–H groups in total. The second-order valence-electron chi connectivity index (χ2n) is 6.49. The number of hydrogen-bond acceptors (Lipinski definition) is 2. The fourth-order valence-corrected chi connectivity index (χ4v) is 2.77. The van der Waals surface area contributed by atoms with E-state index in [0.717, 1.165) is 38.4 Å². The Kier molecular flexibility index (Phi) is 16.7. The summed E-state index contributed by atoms with van der Waals surface area (Å²) in [5, 5.41) is 6.71. The number of unbranched alkanes of at least 4 members (excludes halogenated alkanes) is 7. The zero-order chi connectivity index (χ0) is 18.2. The third-order valence-electron chi connectivity index (χ3n) is 4.31. The van der Waals surface area contributed by atoms with Crippen molar-refractivity contribution in [2.75, 3.05) is 20.1 Å². The molecule has 150 valence electrons. The van der Waals surface area contributed by atoms with Crippen molar-refractivity contribution in [1.82, 2.24) is 15.2 Å². The van der Waals surface area contributed by atoms with Crippen molar-refractivity contribution in [3.63, 3.8) is 0 Å². The van der Waals surface area contributed by atoms with Crippen LogP contribution in [0.25, 0.3) is 0 Å². The lowest BCUT2D eigenvalue weighted by Gasteiger charge is -2.12. The molecule has 0 spiro atoms. The van der Waals surface area contributed by atoms with Gasteiger partial charge in [-0.05, 0) is 25.3 Å². The van der Waals surface area contributed by atoms with Crippen LogP contribution in [0, 0.1) is 0 Å². The van der Waals surface area contributed by atoms with Gasteiger partial charge < -0.3 is 15.2 Å². The molecule has 0 fully saturated rings. The van der Waals surface area contributed by atoms with Crippen molar-refractivity contribution >= 4 is 29.9 Å². The lowest BCUT2D eigenvalue weighted by molar-refractivity contribution is 0.576. The smallest absolute Gasteiger partial charge is 0.250 e. The average Bonchev–Trinajstić information content (AvgIpc) is 2.63. The maximum atomic E-state index is 11.6. The van der Waals surface area contributed by atoms with Gasteiger partial charge in [-0.1, -0.05) is 51.5 Å². The molecule has 0 aliphatic heterocycles. The van der Waals surface area contributed by atoms with Crippen LogP contribution in [-0.2, 0) is 6.54 Å². The monoisotopic (exact) mass is 476 g/mol. The Morgan fingerprint density at radius 3 is 2.19 bits per heavy atom. The highest BCUT2D eigenvalue weighted by Gasteiger charge is 1.98. The third kappa shape index (κ3) is 12.3. The topological polar surface area (TPSA) is 58.4 Å². The molecule has 5 nitrogen and oxygen atoms in total. The molecular weight excluding hydrogens is 439 g/mol. The van der Waals surface area contributed by atoms with E-state index >= 15 is 0 Å². The van der Waals surface area contributed by atoms with E-state index in [1.165, 1.54) is 44.9 Å². The number of nitrogens with zero attached hydrogens (tertiary/aromatic N) is 2. The number of pyridine rings is 1. The number of guanidine groups is 1. The van der Waals surface area contributed by atoms with Gasteiger partial charge in [0, 0.05) is 38.9 Å². The van der Waals surface area contributed by atoms with Crippen LogP contribution in [0.5, 0.6) is 0 Å². The van der Waals surface area contributed by atoms with E-state index < -0.39 is 0 Å². The highest BCUT2D eigenvalue weighted by molar-refractivity contribution is 14.0. The summed E-state index contributed by atoms with van der Waals surface area (Å²) in [6.07, 6.45) is 13.1. The van der Waals surface area contributed by atoms with Gasteiger partial charge >= 0.3 is 0 Å². The Balaban J connectivity index is 0.00000625. The van der Waals surface area contributed by atoms with Crippen molar-refractivity contribution in [1.29, 1.82) is 0 Å². The molecule has 0 amide bonds. The van der Waals surface area contributed by atoms with E-state index in [-0.39, 0.29) is 29.5 Å². The normalized spacial score (nSPS) is 11.1. The molecule has 26 heavy (non-hydrogen) atoms. The zero-order valence-corrected chi connectivity index (χ0v) is 18.8. The minimum Gasteiger partial charge on any atom is -0.356 e. The minimum absolute atomic E-state index is 0. The van der Waals surface area contributed by atoms with Gasteiger partial charge in [0.2, 0.25) is 5.56 Å². The van der Waals surface area contributed by atoms with E-state index in [1.54, 1.807) is 16.7 Å². The van der Waals surface area contributed by atoms with E-state index in [0.29, 0.717) is 0 Å². The molecule has 1 heterocycles. The maximum absolute atomic E-state index is 11.6. The molecule has 6 heteroatoms. The Labute approximate surface area is 176 Å². The molecular formula is C20H37IN4O. The minimum atomic E-state index is 0. The summed E-state index contributed by atoms with van der Waals surface area (Å²) in [6, 6.07) is 5.28. The highest BCUT2D eigenvalue weighted by atomic mass is 127. The summed E-state index contributed by atoms with van der Waals surface area (Å²) in [7, 11) is 1.81. The van der Waals surface area contributed by atoms with Crippen LogP contribution in [0.4, 0.5) is 0 Å². The molecule has 0 aliphatic rings. The third-order valence-corrected chi connectivity index (χ3v) is 4.31. The number of halogens is 1. The van der Waals surface area contributed by atoms with Gasteiger partial charge in [-0.3, -0.25) is 9.79 Å². The summed E-state index contributed by atoms with van der Waals surface area (Å²) in [5.41, 5.74) is 0.0719. The molecule has 0 atom stereocenters. The largest absolute Gasteiger partial charge is 0.356 e. The number of rotatable bonds is 13. The second kappa shape index (κ2) is 17.4. The Bertz CT molecular complexity index is 531. The first-order valence-electron chi connectivity index (χ1n) is 9.88. The van der Waals surface area contributed by atoms with Crippen LogP contribution in [0.2, 0.25) is 0 Å². The number of aryl methyl sites for hydroxylation is 1. The first-order chi connectivity index (χ1) is 12.3. The van der Waals surface area contributed by atoms with Crippen LogP contribution >= 0.6 is 24.0 Å². The number of hydrogen-bond donors (Lipinski definition) is 2. The Morgan fingerprint density at radius 1 is 0.962 bits per heavy atom. The van der Waals surface area contributed by atoms with E-state index in [9.17, 15) is 4.79 Å². The van der Waals surface area contributed by atoms with Crippen molar-refractivity contribution in [2.45, 2.75) is 71.3 Å². The zero-order valence-electron chi connectivity index (χ0n) is 16.5. The van der Waals surface area contributed by atoms with Crippen molar-refractivity contribution in [3.8, 4) is 0 Å². The van der Waals surface area contributed by atoms with Gasteiger partial charge in [0.15, 0.2) is 5.96 Å². The average molecular weight is 476 g/mol. The van der Waals surface area contributed by atoms with Gasteiger partial charge in [-0.15, -0.1) is 24.0 Å². The summed E-state index contributed by atoms with van der Waals surface area (Å²) in [5.74, 6) is 0.878. The quantitative estimate of drug-likeness (QED) is 0.195. The van der Waals surface area contributed by atoms with Gasteiger partial charge in [0.1, 0.15) is 0 Å². The van der Waals surface area contributed by atoms with Crippen LogP contribution in [0.1, 0.15) is 64.7 Å². The Hall–Kier alpha value is -1.05. The molecule has 1 aromatic rings. The summed E-state index contributed by atoms with van der Waals surface area (Å²) in [4.78, 5) is 15.9. The molecule has 0 radical (unpaired) electrons. The van der Waals surface area contributed by atoms with Crippen LogP contribution in [-0.4, -0.2) is 30.7 Å². The molecule has 1 aromatic heterocycles. The van der Waals surface area contributed by atoms with E-state index in [2.05, 4.69) is 22.5 Å². The molecule has 0 aliphatic carbocycles. The first-order valence-corrected chi connectivity index (χ1v) is 9.88. The number of aliphatic imine (C=N–C) groups is 1. The van der Waals surface area contributed by atoms with Crippen LogP contribution in [0.15, 0.2) is 34.2 Å². The highest BCUT2D eigenvalue weighted by Crippen LogP contribution is 2.06. The van der Waals surface area contributed by atoms with Crippen LogP contribution < -0.4 is 16.2 Å². The van der Waals surface area contributed by atoms with E-state index in [1.807, 2.05) is 19.3 Å². The lowest BCUT2D eigenvalue weighted by atomic mass is 10.1. The second-order valence-corrected chi connectivity index (χ2v) is 6.49.